The first-order valence-corrected chi connectivity index (χ1v) is 12.5. The third kappa shape index (κ3) is 3.58. The molecule has 1 saturated heterocycles. The fourth-order valence-electron chi connectivity index (χ4n) is 4.64. The molecule has 0 unspecified atom stereocenters. The molecule has 0 radical (unpaired) electrons. The van der Waals surface area contributed by atoms with E-state index in [9.17, 15) is 4.57 Å². The fourth-order valence-corrected chi connectivity index (χ4v) is 7.33. The number of likely N-dealkylation sites (tertiary alicyclic amines) is 1. The lowest BCUT2D eigenvalue weighted by Crippen LogP contribution is -2.34. The second-order valence-corrected chi connectivity index (χ2v) is 10.6. The first-order valence-electron chi connectivity index (χ1n) is 10.8. The molecule has 5 rings (SSSR count). The van der Waals surface area contributed by atoms with Gasteiger partial charge in [0, 0.05) is 23.7 Å². The SMILES string of the molecule is O=P(NCCN1CCCC1)(c1cccc2ccccc12)c1cccc2ccccc12. The summed E-state index contributed by atoms with van der Waals surface area (Å²) in [4.78, 5) is 2.46. The van der Waals surface area contributed by atoms with Crippen molar-refractivity contribution >= 4 is 39.4 Å². The van der Waals surface area contributed by atoms with Crippen molar-refractivity contribution in [2.45, 2.75) is 12.8 Å². The number of fused-ring (bicyclic) bond motifs is 2. The van der Waals surface area contributed by atoms with Crippen molar-refractivity contribution in [3.05, 3.63) is 84.9 Å². The molecule has 0 saturated carbocycles. The standard InChI is InChI=1S/C26H27N2OP/c29-30(27-17-20-28-18-5-6-19-28,25-15-7-11-21-9-1-3-13-23(21)25)26-16-8-12-22-10-2-4-14-24(22)26/h1-4,7-16H,5-6,17-20H2,(H,27,29). The van der Waals surface area contributed by atoms with Gasteiger partial charge in [0.15, 0.2) is 0 Å². The zero-order valence-electron chi connectivity index (χ0n) is 17.1. The molecule has 0 bridgehead atoms. The van der Waals surface area contributed by atoms with Gasteiger partial charge in [0.1, 0.15) is 0 Å². The highest BCUT2D eigenvalue weighted by Crippen LogP contribution is 2.43. The average Bonchev–Trinajstić information content (AvgIpc) is 3.32. The van der Waals surface area contributed by atoms with Crippen molar-refractivity contribution in [1.82, 2.24) is 9.99 Å². The third-order valence-electron chi connectivity index (χ3n) is 6.17. The molecule has 0 atom stereocenters. The molecule has 1 aliphatic rings. The van der Waals surface area contributed by atoms with Gasteiger partial charge in [-0.25, -0.2) is 0 Å². The van der Waals surface area contributed by atoms with Crippen LogP contribution in [-0.2, 0) is 4.57 Å². The molecule has 1 fully saturated rings. The van der Waals surface area contributed by atoms with Crippen LogP contribution in [0.2, 0.25) is 0 Å². The molecule has 30 heavy (non-hydrogen) atoms. The molecule has 4 aromatic rings. The number of nitrogens with one attached hydrogen (secondary N) is 1. The minimum Gasteiger partial charge on any atom is -0.302 e. The maximum absolute atomic E-state index is 14.9. The van der Waals surface area contributed by atoms with Gasteiger partial charge in [0.05, 0.1) is 0 Å². The Morgan fingerprint density at radius 3 is 1.77 bits per heavy atom. The van der Waals surface area contributed by atoms with Crippen LogP contribution in [0.1, 0.15) is 12.8 Å². The molecule has 4 heteroatoms. The number of benzene rings is 4. The smallest absolute Gasteiger partial charge is 0.205 e. The summed E-state index contributed by atoms with van der Waals surface area (Å²) < 4.78 is 14.9. The Balaban J connectivity index is 1.64. The van der Waals surface area contributed by atoms with Crippen molar-refractivity contribution < 1.29 is 4.57 Å². The van der Waals surface area contributed by atoms with Crippen LogP contribution >= 0.6 is 7.29 Å². The lowest BCUT2D eigenvalue weighted by Gasteiger charge is -2.25. The van der Waals surface area contributed by atoms with Gasteiger partial charge >= 0.3 is 0 Å². The van der Waals surface area contributed by atoms with Gasteiger partial charge in [-0.05, 0) is 59.6 Å². The van der Waals surface area contributed by atoms with Crippen LogP contribution in [0.3, 0.4) is 0 Å². The first kappa shape index (κ1) is 19.5. The van der Waals surface area contributed by atoms with Crippen molar-refractivity contribution in [3.8, 4) is 0 Å². The predicted molar refractivity (Wildman–Crippen MR) is 128 cm³/mol. The minimum absolute atomic E-state index is 0.712. The molecule has 0 spiro atoms. The van der Waals surface area contributed by atoms with Crippen LogP contribution in [-0.4, -0.2) is 31.1 Å². The Kier molecular flexibility index (Phi) is 5.43. The Morgan fingerprint density at radius 2 is 1.20 bits per heavy atom. The van der Waals surface area contributed by atoms with E-state index in [4.69, 9.17) is 0 Å². The Morgan fingerprint density at radius 1 is 0.700 bits per heavy atom. The molecular formula is C26H27N2OP. The maximum atomic E-state index is 14.9. The minimum atomic E-state index is -3.05. The van der Waals surface area contributed by atoms with E-state index in [-0.39, 0.29) is 0 Å². The zero-order chi connectivity index (χ0) is 20.4. The molecule has 152 valence electrons. The van der Waals surface area contributed by atoms with Crippen LogP contribution < -0.4 is 15.7 Å². The van der Waals surface area contributed by atoms with Gasteiger partial charge in [-0.15, -0.1) is 0 Å². The van der Waals surface area contributed by atoms with E-state index >= 15 is 0 Å². The number of nitrogens with zero attached hydrogens (tertiary/aromatic N) is 1. The van der Waals surface area contributed by atoms with E-state index < -0.39 is 7.29 Å². The zero-order valence-corrected chi connectivity index (χ0v) is 18.0. The van der Waals surface area contributed by atoms with E-state index in [1.807, 2.05) is 48.5 Å². The lowest BCUT2D eigenvalue weighted by molar-refractivity contribution is 0.344. The van der Waals surface area contributed by atoms with Crippen molar-refractivity contribution in [3.63, 3.8) is 0 Å². The van der Waals surface area contributed by atoms with E-state index in [1.54, 1.807) is 0 Å². The Bertz CT molecular complexity index is 1140. The van der Waals surface area contributed by atoms with E-state index in [2.05, 4.69) is 46.4 Å². The van der Waals surface area contributed by atoms with Crippen LogP contribution in [0.15, 0.2) is 84.9 Å². The highest BCUT2D eigenvalue weighted by molar-refractivity contribution is 7.77. The molecule has 4 aromatic carbocycles. The van der Waals surface area contributed by atoms with E-state index in [0.29, 0.717) is 6.54 Å². The summed E-state index contributed by atoms with van der Waals surface area (Å²) in [6.07, 6.45) is 2.54. The molecule has 0 aromatic heterocycles. The normalized spacial score (nSPS) is 15.2. The van der Waals surface area contributed by atoms with Gasteiger partial charge in [-0.2, -0.15) is 0 Å². The summed E-state index contributed by atoms with van der Waals surface area (Å²) in [5.74, 6) is 0. The summed E-state index contributed by atoms with van der Waals surface area (Å²) in [6, 6.07) is 28.8. The van der Waals surface area contributed by atoms with Crippen molar-refractivity contribution in [2.24, 2.45) is 0 Å². The van der Waals surface area contributed by atoms with E-state index in [1.165, 1.54) is 12.8 Å². The van der Waals surface area contributed by atoms with Crippen LogP contribution in [0.4, 0.5) is 0 Å². The summed E-state index contributed by atoms with van der Waals surface area (Å²) in [5, 5.41) is 9.72. The molecular weight excluding hydrogens is 387 g/mol. The highest BCUT2D eigenvalue weighted by Gasteiger charge is 2.30. The largest absolute Gasteiger partial charge is 0.302 e. The summed E-state index contributed by atoms with van der Waals surface area (Å²) in [5.41, 5.74) is 0. The van der Waals surface area contributed by atoms with Gasteiger partial charge in [0.25, 0.3) is 0 Å². The lowest BCUT2D eigenvalue weighted by atomic mass is 10.1. The molecule has 0 amide bonds. The molecule has 3 nitrogen and oxygen atoms in total. The third-order valence-corrected chi connectivity index (χ3v) is 8.98. The van der Waals surface area contributed by atoms with Gasteiger partial charge < -0.3 is 4.90 Å². The molecule has 0 aliphatic carbocycles. The number of hydrogen-bond acceptors (Lipinski definition) is 2. The fraction of sp³-hybridized carbons (Fsp3) is 0.231. The van der Waals surface area contributed by atoms with Crippen molar-refractivity contribution in [2.75, 3.05) is 26.2 Å². The first-order chi connectivity index (χ1) is 14.8. The Labute approximate surface area is 178 Å². The van der Waals surface area contributed by atoms with Gasteiger partial charge in [0.2, 0.25) is 7.29 Å². The number of hydrogen-bond donors (Lipinski definition) is 1. The summed E-state index contributed by atoms with van der Waals surface area (Å²) in [7, 11) is -3.05. The predicted octanol–water partition coefficient (Wildman–Crippen LogP) is 4.91. The van der Waals surface area contributed by atoms with Crippen LogP contribution in [0.25, 0.3) is 21.5 Å². The van der Waals surface area contributed by atoms with Crippen LogP contribution in [0.5, 0.6) is 0 Å². The Hall–Kier alpha value is -2.45. The maximum Gasteiger partial charge on any atom is 0.205 e. The summed E-state index contributed by atoms with van der Waals surface area (Å²) in [6.45, 7) is 3.94. The van der Waals surface area contributed by atoms with Crippen molar-refractivity contribution in [1.29, 1.82) is 0 Å². The highest BCUT2D eigenvalue weighted by atomic mass is 31.2. The van der Waals surface area contributed by atoms with Gasteiger partial charge in [-0.3, -0.25) is 9.65 Å². The van der Waals surface area contributed by atoms with E-state index in [0.717, 1.165) is 51.8 Å². The number of rotatable bonds is 6. The van der Waals surface area contributed by atoms with Gasteiger partial charge in [-0.1, -0.05) is 72.8 Å². The quantitative estimate of drug-likeness (QED) is 0.455. The monoisotopic (exact) mass is 414 g/mol. The average molecular weight is 414 g/mol. The van der Waals surface area contributed by atoms with Crippen LogP contribution in [0, 0.1) is 0 Å². The second-order valence-electron chi connectivity index (χ2n) is 8.06. The molecule has 1 aliphatic heterocycles. The molecule has 1 heterocycles. The summed E-state index contributed by atoms with van der Waals surface area (Å²) >= 11 is 0. The molecule has 1 N–H and O–H groups in total. The second kappa shape index (κ2) is 8.35. The topological polar surface area (TPSA) is 32.3 Å².